The number of nitrogens with one attached hydrogen (secondary N) is 1. The van der Waals surface area contributed by atoms with Gasteiger partial charge >= 0.3 is 6.03 Å². The molecule has 162 valence electrons. The summed E-state index contributed by atoms with van der Waals surface area (Å²) in [5.74, 6) is -1.09. The van der Waals surface area contributed by atoms with E-state index >= 15 is 0 Å². The summed E-state index contributed by atoms with van der Waals surface area (Å²) in [5, 5.41) is 2.72. The Kier molecular flexibility index (Phi) is 6.67. The molecule has 1 saturated heterocycles. The summed E-state index contributed by atoms with van der Waals surface area (Å²) >= 11 is 0. The molecule has 1 aliphatic heterocycles. The molecule has 0 aliphatic carbocycles. The third-order valence-corrected chi connectivity index (χ3v) is 7.15. The van der Waals surface area contributed by atoms with Gasteiger partial charge in [0.05, 0.1) is 23.3 Å². The number of halogens is 2. The minimum Gasteiger partial charge on any atom is -0.325 e. The maximum atomic E-state index is 13.9. The maximum Gasteiger partial charge on any atom is 0.321 e. The first-order valence-electron chi connectivity index (χ1n) is 9.64. The standard InChI is InChI=1S/C20H24F2N4O3S/c1-3-30(28,29)26-10-8-16(9-11-26)25(2)20(27)24-15-5-7-19(23-13-15)17-12-14(21)4-6-18(17)22/h4-7,12-13,16H,3,8-11H2,1-2H3,(H,24,27). The van der Waals surface area contributed by atoms with Gasteiger partial charge in [-0.15, -0.1) is 0 Å². The lowest BCUT2D eigenvalue weighted by Crippen LogP contribution is -2.48. The summed E-state index contributed by atoms with van der Waals surface area (Å²) < 4.78 is 52.6. The van der Waals surface area contributed by atoms with Crippen molar-refractivity contribution in [3.05, 3.63) is 48.2 Å². The largest absolute Gasteiger partial charge is 0.325 e. The molecule has 1 aromatic heterocycles. The monoisotopic (exact) mass is 438 g/mol. The number of pyridine rings is 1. The molecule has 2 heterocycles. The Morgan fingerprint density at radius 2 is 1.93 bits per heavy atom. The molecule has 1 aliphatic rings. The summed E-state index contributed by atoms with van der Waals surface area (Å²) in [7, 11) is -1.56. The van der Waals surface area contributed by atoms with Crippen molar-refractivity contribution in [2.24, 2.45) is 0 Å². The van der Waals surface area contributed by atoms with Gasteiger partial charge in [-0.25, -0.2) is 26.3 Å². The van der Waals surface area contributed by atoms with Crippen LogP contribution in [-0.2, 0) is 10.0 Å². The first-order chi connectivity index (χ1) is 14.2. The number of nitrogens with zero attached hydrogens (tertiary/aromatic N) is 3. The van der Waals surface area contributed by atoms with Crippen LogP contribution in [0.2, 0.25) is 0 Å². The van der Waals surface area contributed by atoms with Crippen LogP contribution in [0.4, 0.5) is 19.3 Å². The van der Waals surface area contributed by atoms with Gasteiger partial charge in [-0.05, 0) is 50.1 Å². The van der Waals surface area contributed by atoms with Crippen molar-refractivity contribution in [1.29, 1.82) is 0 Å². The Labute approximate surface area is 174 Å². The number of carbonyl (C=O) groups excluding carboxylic acids is 1. The van der Waals surface area contributed by atoms with E-state index in [1.165, 1.54) is 16.6 Å². The Morgan fingerprint density at radius 3 is 2.53 bits per heavy atom. The first-order valence-corrected chi connectivity index (χ1v) is 11.3. The van der Waals surface area contributed by atoms with Crippen molar-refractivity contribution < 1.29 is 22.0 Å². The zero-order valence-electron chi connectivity index (χ0n) is 16.8. The third-order valence-electron chi connectivity index (χ3n) is 5.27. The van der Waals surface area contributed by atoms with Gasteiger partial charge in [-0.1, -0.05) is 0 Å². The molecule has 2 amide bonds. The molecule has 1 fully saturated rings. The van der Waals surface area contributed by atoms with Crippen LogP contribution in [0.15, 0.2) is 36.5 Å². The fourth-order valence-corrected chi connectivity index (χ4v) is 4.52. The lowest BCUT2D eigenvalue weighted by Gasteiger charge is -2.35. The molecule has 10 heteroatoms. The number of benzene rings is 1. The zero-order valence-corrected chi connectivity index (χ0v) is 17.6. The average molecular weight is 439 g/mol. The van der Waals surface area contributed by atoms with E-state index in [1.54, 1.807) is 24.9 Å². The number of carbonyl (C=O) groups is 1. The number of urea groups is 1. The van der Waals surface area contributed by atoms with Crippen LogP contribution in [0, 0.1) is 11.6 Å². The van der Waals surface area contributed by atoms with E-state index < -0.39 is 21.7 Å². The lowest BCUT2D eigenvalue weighted by molar-refractivity contribution is 0.174. The van der Waals surface area contributed by atoms with Crippen LogP contribution >= 0.6 is 0 Å². The van der Waals surface area contributed by atoms with Crippen LogP contribution in [0.3, 0.4) is 0 Å². The predicted molar refractivity (Wildman–Crippen MR) is 110 cm³/mol. The topological polar surface area (TPSA) is 82.6 Å². The Bertz CT molecular complexity index is 1010. The van der Waals surface area contributed by atoms with Gasteiger partial charge in [0.1, 0.15) is 11.6 Å². The highest BCUT2D eigenvalue weighted by molar-refractivity contribution is 7.89. The van der Waals surface area contributed by atoms with Crippen LogP contribution < -0.4 is 5.32 Å². The quantitative estimate of drug-likeness (QED) is 0.777. The molecule has 7 nitrogen and oxygen atoms in total. The second kappa shape index (κ2) is 9.05. The van der Waals surface area contributed by atoms with Crippen molar-refractivity contribution in [3.63, 3.8) is 0 Å². The molecule has 0 bridgehead atoms. The fourth-order valence-electron chi connectivity index (χ4n) is 3.39. The molecule has 0 spiro atoms. The molecule has 0 atom stereocenters. The molecule has 0 unspecified atom stereocenters. The molecular formula is C20H24F2N4O3S. The van der Waals surface area contributed by atoms with E-state index in [-0.39, 0.29) is 29.1 Å². The van der Waals surface area contributed by atoms with Crippen molar-refractivity contribution in [3.8, 4) is 11.3 Å². The number of aromatic nitrogens is 1. The SMILES string of the molecule is CCS(=O)(=O)N1CCC(N(C)C(=O)Nc2ccc(-c3cc(F)ccc3F)nc2)CC1. The van der Waals surface area contributed by atoms with E-state index in [1.807, 2.05) is 0 Å². The Balaban J connectivity index is 1.60. The Morgan fingerprint density at radius 1 is 1.23 bits per heavy atom. The molecule has 0 saturated carbocycles. The lowest BCUT2D eigenvalue weighted by atomic mass is 10.1. The fraction of sp³-hybridized carbons (Fsp3) is 0.400. The summed E-state index contributed by atoms with van der Waals surface area (Å²) in [6, 6.07) is 5.77. The normalized spacial score (nSPS) is 15.7. The van der Waals surface area contributed by atoms with Gasteiger partial charge in [-0.2, -0.15) is 0 Å². The molecule has 2 aromatic rings. The highest BCUT2D eigenvalue weighted by Gasteiger charge is 2.30. The van der Waals surface area contributed by atoms with Crippen molar-refractivity contribution in [2.75, 3.05) is 31.2 Å². The van der Waals surface area contributed by atoms with Gasteiger partial charge in [0.2, 0.25) is 10.0 Å². The third kappa shape index (κ3) is 4.93. The van der Waals surface area contributed by atoms with Crippen LogP contribution in [0.25, 0.3) is 11.3 Å². The summed E-state index contributed by atoms with van der Waals surface area (Å²) in [6.45, 7) is 2.38. The number of rotatable bonds is 5. The van der Waals surface area contributed by atoms with Crippen LogP contribution in [0.5, 0.6) is 0 Å². The van der Waals surface area contributed by atoms with Crippen molar-refractivity contribution >= 4 is 21.7 Å². The number of sulfonamides is 1. The van der Waals surface area contributed by atoms with Gasteiger partial charge in [0.15, 0.2) is 0 Å². The smallest absolute Gasteiger partial charge is 0.321 e. The first kappa shape index (κ1) is 22.1. The molecule has 30 heavy (non-hydrogen) atoms. The number of piperidine rings is 1. The number of hydrogen-bond donors (Lipinski definition) is 1. The van der Waals surface area contributed by atoms with Crippen LogP contribution in [0.1, 0.15) is 19.8 Å². The van der Waals surface area contributed by atoms with E-state index in [2.05, 4.69) is 10.3 Å². The van der Waals surface area contributed by atoms with Crippen molar-refractivity contribution in [2.45, 2.75) is 25.8 Å². The molecule has 0 radical (unpaired) electrons. The van der Waals surface area contributed by atoms with Gasteiger partial charge in [0.25, 0.3) is 0 Å². The van der Waals surface area contributed by atoms with E-state index in [4.69, 9.17) is 0 Å². The predicted octanol–water partition coefficient (Wildman–Crippen LogP) is 3.30. The number of amides is 2. The van der Waals surface area contributed by atoms with Gasteiger partial charge < -0.3 is 10.2 Å². The summed E-state index contributed by atoms with van der Waals surface area (Å²) in [6.07, 6.45) is 2.49. The molecule has 1 N–H and O–H groups in total. The maximum absolute atomic E-state index is 13.9. The highest BCUT2D eigenvalue weighted by Crippen LogP contribution is 2.23. The minimum atomic E-state index is -3.22. The second-order valence-corrected chi connectivity index (χ2v) is 9.39. The highest BCUT2D eigenvalue weighted by atomic mass is 32.2. The Hall–Kier alpha value is -2.59. The van der Waals surface area contributed by atoms with Crippen molar-refractivity contribution in [1.82, 2.24) is 14.2 Å². The van der Waals surface area contributed by atoms with Crippen LogP contribution in [-0.4, -0.2) is 60.6 Å². The summed E-state index contributed by atoms with van der Waals surface area (Å²) in [5.41, 5.74) is 0.708. The van der Waals surface area contributed by atoms with E-state index in [0.717, 1.165) is 18.2 Å². The van der Waals surface area contributed by atoms with E-state index in [9.17, 15) is 22.0 Å². The van der Waals surface area contributed by atoms with Gasteiger partial charge in [0, 0.05) is 31.7 Å². The second-order valence-electron chi connectivity index (χ2n) is 7.13. The minimum absolute atomic E-state index is 0.0405. The molecular weight excluding hydrogens is 414 g/mol. The number of anilines is 1. The average Bonchev–Trinajstić information content (AvgIpc) is 2.75. The van der Waals surface area contributed by atoms with E-state index in [0.29, 0.717) is 31.6 Å². The zero-order chi connectivity index (χ0) is 21.9. The molecule has 1 aromatic carbocycles. The van der Waals surface area contributed by atoms with Gasteiger partial charge in [-0.3, -0.25) is 4.98 Å². The number of hydrogen-bond acceptors (Lipinski definition) is 4. The molecule has 3 rings (SSSR count). The summed E-state index contributed by atoms with van der Waals surface area (Å²) in [4.78, 5) is 18.2.